The molecule has 0 radical (unpaired) electrons. The second-order valence-corrected chi connectivity index (χ2v) is 4.13. The highest BCUT2D eigenvalue weighted by molar-refractivity contribution is 5.87. The number of hydrogen-bond acceptors (Lipinski definition) is 7. The minimum Gasteiger partial charge on any atom is -0.504 e. The number of esters is 2. The van der Waals surface area contributed by atoms with Crippen molar-refractivity contribution in [3.8, 4) is 11.5 Å². The van der Waals surface area contributed by atoms with Crippen molar-refractivity contribution in [1.29, 1.82) is 0 Å². The van der Waals surface area contributed by atoms with E-state index in [2.05, 4.69) is 0 Å². The van der Waals surface area contributed by atoms with Gasteiger partial charge in [0.2, 0.25) is 0 Å². The number of benzene rings is 1. The van der Waals surface area contributed by atoms with Crippen LogP contribution >= 0.6 is 0 Å². The summed E-state index contributed by atoms with van der Waals surface area (Å²) >= 11 is 0. The van der Waals surface area contributed by atoms with E-state index in [-0.39, 0.29) is 18.1 Å². The smallest absolute Gasteiger partial charge is 0.330 e. The molecule has 1 aromatic rings. The van der Waals surface area contributed by atoms with Crippen molar-refractivity contribution in [2.24, 2.45) is 0 Å². The van der Waals surface area contributed by atoms with Gasteiger partial charge in [-0.15, -0.1) is 0 Å². The molecule has 0 fully saturated rings. The van der Waals surface area contributed by atoms with E-state index in [1.54, 1.807) is 0 Å². The van der Waals surface area contributed by atoms with Crippen molar-refractivity contribution in [2.45, 2.75) is 13.0 Å². The van der Waals surface area contributed by atoms with E-state index < -0.39 is 24.6 Å². The van der Waals surface area contributed by atoms with Crippen LogP contribution in [0.2, 0.25) is 0 Å². The van der Waals surface area contributed by atoms with Crippen LogP contribution in [-0.4, -0.2) is 46.6 Å². The zero-order valence-electron chi connectivity index (χ0n) is 11.4. The van der Waals surface area contributed by atoms with Crippen LogP contribution in [0.4, 0.5) is 0 Å². The zero-order valence-corrected chi connectivity index (χ0v) is 11.4. The van der Waals surface area contributed by atoms with E-state index in [4.69, 9.17) is 19.7 Å². The maximum absolute atomic E-state index is 11.4. The van der Waals surface area contributed by atoms with Gasteiger partial charge >= 0.3 is 11.9 Å². The van der Waals surface area contributed by atoms with E-state index in [0.29, 0.717) is 5.56 Å². The average molecular weight is 296 g/mol. The van der Waals surface area contributed by atoms with Gasteiger partial charge in [0.05, 0.1) is 6.61 Å². The monoisotopic (exact) mass is 296 g/mol. The Kier molecular flexibility index (Phi) is 6.22. The summed E-state index contributed by atoms with van der Waals surface area (Å²) in [6.07, 6.45) is 1.58. The molecule has 0 bridgehead atoms. The lowest BCUT2D eigenvalue weighted by atomic mass is 10.2. The lowest BCUT2D eigenvalue weighted by Crippen LogP contribution is -2.27. The molecule has 0 aliphatic heterocycles. The van der Waals surface area contributed by atoms with E-state index >= 15 is 0 Å². The van der Waals surface area contributed by atoms with Gasteiger partial charge in [0.1, 0.15) is 6.61 Å². The van der Waals surface area contributed by atoms with E-state index in [1.165, 1.54) is 31.2 Å². The lowest BCUT2D eigenvalue weighted by molar-refractivity contribution is -0.157. The molecule has 0 aromatic heterocycles. The number of carbonyl (C=O) groups excluding carboxylic acids is 2. The predicted octanol–water partition coefficient (Wildman–Crippen LogP) is 0.578. The molecule has 0 amide bonds. The molecule has 1 atom stereocenters. The quantitative estimate of drug-likeness (QED) is 0.399. The fraction of sp³-hybridized carbons (Fsp3) is 0.286. The number of phenols is 2. The molecule has 7 nitrogen and oxygen atoms in total. The summed E-state index contributed by atoms with van der Waals surface area (Å²) in [7, 11) is 0. The number of ether oxygens (including phenoxy) is 2. The predicted molar refractivity (Wildman–Crippen MR) is 72.4 cm³/mol. The number of aliphatic hydroxyl groups is 1. The first kappa shape index (κ1) is 16.5. The number of rotatable bonds is 6. The number of aromatic hydroxyl groups is 2. The van der Waals surface area contributed by atoms with Crippen LogP contribution in [0.1, 0.15) is 12.5 Å². The largest absolute Gasteiger partial charge is 0.504 e. The third-order valence-corrected chi connectivity index (χ3v) is 2.36. The first-order valence-corrected chi connectivity index (χ1v) is 6.07. The standard InChI is InChI=1S/C14H16O7/c1-9(16)21-11(7-15)8-20-14(19)5-3-10-2-4-12(17)13(18)6-10/h2-6,11,15,17-18H,7-8H2,1H3/b5-3+. The highest BCUT2D eigenvalue weighted by Gasteiger charge is 2.12. The summed E-state index contributed by atoms with van der Waals surface area (Å²) in [6, 6.07) is 4.05. The Morgan fingerprint density at radius 2 is 2.00 bits per heavy atom. The summed E-state index contributed by atoms with van der Waals surface area (Å²) in [4.78, 5) is 22.1. The molecule has 0 spiro atoms. The second kappa shape index (κ2) is 7.91. The average Bonchev–Trinajstić information content (AvgIpc) is 2.44. The Hall–Kier alpha value is -2.54. The number of phenolic OH excluding ortho intramolecular Hbond substituents is 2. The number of hydrogen-bond donors (Lipinski definition) is 3. The van der Waals surface area contributed by atoms with Crippen molar-refractivity contribution in [1.82, 2.24) is 0 Å². The Labute approximate surface area is 121 Å². The SMILES string of the molecule is CC(=O)OC(CO)COC(=O)/C=C/c1ccc(O)c(O)c1. The minimum atomic E-state index is -0.905. The van der Waals surface area contributed by atoms with Crippen LogP contribution < -0.4 is 0 Å². The molecule has 3 N–H and O–H groups in total. The summed E-state index contributed by atoms with van der Waals surface area (Å²) < 4.78 is 9.49. The molecule has 0 aliphatic rings. The third kappa shape index (κ3) is 5.96. The molecule has 114 valence electrons. The number of aliphatic hydroxyl groups excluding tert-OH is 1. The Balaban J connectivity index is 2.50. The molecule has 1 aromatic carbocycles. The lowest BCUT2D eigenvalue weighted by Gasteiger charge is -2.13. The van der Waals surface area contributed by atoms with Crippen molar-refractivity contribution >= 4 is 18.0 Å². The van der Waals surface area contributed by atoms with Gasteiger partial charge in [0.25, 0.3) is 0 Å². The maximum Gasteiger partial charge on any atom is 0.330 e. The normalized spacial score (nSPS) is 12.1. The van der Waals surface area contributed by atoms with E-state index in [1.807, 2.05) is 0 Å². The molecule has 0 aliphatic carbocycles. The molecular formula is C14H16O7. The first-order chi connectivity index (χ1) is 9.92. The van der Waals surface area contributed by atoms with Crippen LogP contribution in [0.5, 0.6) is 11.5 Å². The van der Waals surface area contributed by atoms with Crippen LogP contribution in [0.25, 0.3) is 6.08 Å². The Morgan fingerprint density at radius 3 is 2.57 bits per heavy atom. The van der Waals surface area contributed by atoms with Gasteiger partial charge in [-0.05, 0) is 23.8 Å². The van der Waals surface area contributed by atoms with Gasteiger partial charge in [-0.3, -0.25) is 4.79 Å². The summed E-state index contributed by atoms with van der Waals surface area (Å²) in [6.45, 7) is 0.462. The van der Waals surface area contributed by atoms with Crippen LogP contribution in [0.3, 0.4) is 0 Å². The van der Waals surface area contributed by atoms with Crippen molar-refractivity contribution in [3.63, 3.8) is 0 Å². The summed E-state index contributed by atoms with van der Waals surface area (Å²) in [5.41, 5.74) is 0.487. The molecule has 7 heteroatoms. The topological polar surface area (TPSA) is 113 Å². The maximum atomic E-state index is 11.4. The second-order valence-electron chi connectivity index (χ2n) is 4.13. The molecular weight excluding hydrogens is 280 g/mol. The highest BCUT2D eigenvalue weighted by Crippen LogP contribution is 2.25. The summed E-state index contributed by atoms with van der Waals surface area (Å²) in [5, 5.41) is 27.3. The van der Waals surface area contributed by atoms with Crippen LogP contribution in [0.15, 0.2) is 24.3 Å². The van der Waals surface area contributed by atoms with Gasteiger partial charge in [-0.25, -0.2) is 4.79 Å². The Bertz CT molecular complexity index is 536. The molecule has 0 heterocycles. The van der Waals surface area contributed by atoms with E-state index in [0.717, 1.165) is 6.08 Å². The summed E-state index contributed by atoms with van der Waals surface area (Å²) in [5.74, 6) is -1.85. The van der Waals surface area contributed by atoms with Crippen molar-refractivity contribution in [2.75, 3.05) is 13.2 Å². The third-order valence-electron chi connectivity index (χ3n) is 2.36. The molecule has 21 heavy (non-hydrogen) atoms. The fourth-order valence-electron chi connectivity index (χ4n) is 1.39. The molecule has 0 saturated heterocycles. The van der Waals surface area contributed by atoms with Gasteiger partial charge < -0.3 is 24.8 Å². The van der Waals surface area contributed by atoms with Gasteiger partial charge in [0, 0.05) is 13.0 Å². The molecule has 1 rings (SSSR count). The van der Waals surface area contributed by atoms with Crippen LogP contribution in [-0.2, 0) is 19.1 Å². The van der Waals surface area contributed by atoms with Crippen molar-refractivity contribution < 1.29 is 34.4 Å². The fourth-order valence-corrected chi connectivity index (χ4v) is 1.39. The van der Waals surface area contributed by atoms with Gasteiger partial charge in [0.15, 0.2) is 17.6 Å². The van der Waals surface area contributed by atoms with Crippen molar-refractivity contribution in [3.05, 3.63) is 29.8 Å². The number of carbonyl (C=O) groups is 2. The molecule has 1 unspecified atom stereocenters. The van der Waals surface area contributed by atoms with E-state index in [9.17, 15) is 14.7 Å². The van der Waals surface area contributed by atoms with Crippen LogP contribution in [0, 0.1) is 0 Å². The Morgan fingerprint density at radius 1 is 1.29 bits per heavy atom. The van der Waals surface area contributed by atoms with Gasteiger partial charge in [-0.1, -0.05) is 6.07 Å². The molecule has 0 saturated carbocycles. The highest BCUT2D eigenvalue weighted by atomic mass is 16.6. The first-order valence-electron chi connectivity index (χ1n) is 6.07. The zero-order chi connectivity index (χ0) is 15.8. The minimum absolute atomic E-state index is 0.262. The van der Waals surface area contributed by atoms with Gasteiger partial charge in [-0.2, -0.15) is 0 Å².